The van der Waals surface area contributed by atoms with Gasteiger partial charge in [-0.15, -0.1) is 0 Å². The summed E-state index contributed by atoms with van der Waals surface area (Å²) in [6, 6.07) is 4.45. The second-order valence-electron chi connectivity index (χ2n) is 5.55. The first kappa shape index (κ1) is 14.7. The summed E-state index contributed by atoms with van der Waals surface area (Å²) in [4.78, 5) is 4.34. The maximum atomic E-state index is 13.3. The third-order valence-electron chi connectivity index (χ3n) is 4.05. The molecule has 1 fully saturated rings. The number of nitrogens with zero attached hydrogens (tertiary/aromatic N) is 2. The van der Waals surface area contributed by atoms with Crippen LogP contribution in [0.4, 0.5) is 4.39 Å². The van der Waals surface area contributed by atoms with E-state index in [9.17, 15) is 4.39 Å². The maximum absolute atomic E-state index is 13.3. The third kappa shape index (κ3) is 3.32. The van der Waals surface area contributed by atoms with Crippen LogP contribution in [0, 0.1) is 11.7 Å². The van der Waals surface area contributed by atoms with E-state index in [-0.39, 0.29) is 11.9 Å². The van der Waals surface area contributed by atoms with Gasteiger partial charge in [-0.05, 0) is 37.0 Å². The van der Waals surface area contributed by atoms with Crippen molar-refractivity contribution in [2.75, 3.05) is 0 Å². The fourth-order valence-electron chi connectivity index (χ4n) is 2.87. The molecule has 0 saturated heterocycles. The molecule has 0 radical (unpaired) electrons. The van der Waals surface area contributed by atoms with Crippen molar-refractivity contribution >= 4 is 15.9 Å². The zero-order chi connectivity index (χ0) is 14.8. The minimum Gasteiger partial charge on any atom is -0.339 e. The van der Waals surface area contributed by atoms with Crippen LogP contribution in [0.3, 0.4) is 0 Å². The summed E-state index contributed by atoms with van der Waals surface area (Å²) in [5.41, 5.74) is 6.80. The van der Waals surface area contributed by atoms with Crippen molar-refractivity contribution in [3.8, 4) is 11.4 Å². The molecule has 1 aliphatic carbocycles. The average Bonchev–Trinajstić information content (AvgIpc) is 3.12. The van der Waals surface area contributed by atoms with Crippen LogP contribution >= 0.6 is 15.9 Å². The van der Waals surface area contributed by atoms with E-state index in [0.29, 0.717) is 29.6 Å². The topological polar surface area (TPSA) is 64.9 Å². The molecular formula is C15H17BrFN3O. The highest BCUT2D eigenvalue weighted by Gasteiger charge is 2.24. The van der Waals surface area contributed by atoms with Gasteiger partial charge in [0.2, 0.25) is 11.7 Å². The van der Waals surface area contributed by atoms with Gasteiger partial charge in [0.05, 0.1) is 0 Å². The Labute approximate surface area is 131 Å². The fraction of sp³-hybridized carbons (Fsp3) is 0.467. The van der Waals surface area contributed by atoms with E-state index in [0.717, 1.165) is 4.47 Å². The van der Waals surface area contributed by atoms with Gasteiger partial charge >= 0.3 is 0 Å². The van der Waals surface area contributed by atoms with Crippen LogP contribution in [0.2, 0.25) is 0 Å². The minimum atomic E-state index is -0.331. The van der Waals surface area contributed by atoms with Gasteiger partial charge in [-0.25, -0.2) is 4.39 Å². The van der Waals surface area contributed by atoms with E-state index in [4.69, 9.17) is 10.3 Å². The molecule has 1 aliphatic rings. The van der Waals surface area contributed by atoms with Gasteiger partial charge in [-0.3, -0.25) is 0 Å². The Morgan fingerprint density at radius 2 is 2.14 bits per heavy atom. The van der Waals surface area contributed by atoms with E-state index in [1.807, 2.05) is 0 Å². The lowest BCUT2D eigenvalue weighted by atomic mass is 9.96. The van der Waals surface area contributed by atoms with Crippen molar-refractivity contribution < 1.29 is 8.91 Å². The van der Waals surface area contributed by atoms with Crippen LogP contribution in [0.5, 0.6) is 0 Å². The first-order chi connectivity index (χ1) is 10.1. The van der Waals surface area contributed by atoms with Gasteiger partial charge in [-0.1, -0.05) is 33.9 Å². The Kier molecular flexibility index (Phi) is 4.35. The number of halogens is 2. The molecule has 21 heavy (non-hydrogen) atoms. The molecule has 112 valence electrons. The van der Waals surface area contributed by atoms with Crippen molar-refractivity contribution in [2.24, 2.45) is 11.7 Å². The average molecular weight is 354 g/mol. The summed E-state index contributed by atoms with van der Waals surface area (Å²) in [5.74, 6) is 1.11. The quantitative estimate of drug-likeness (QED) is 0.909. The van der Waals surface area contributed by atoms with Crippen molar-refractivity contribution in [1.29, 1.82) is 0 Å². The number of benzene rings is 1. The molecule has 1 aromatic heterocycles. The Hall–Kier alpha value is -1.27. The lowest BCUT2D eigenvalue weighted by Gasteiger charge is -2.16. The molecule has 0 spiro atoms. The molecule has 4 nitrogen and oxygen atoms in total. The highest BCUT2D eigenvalue weighted by atomic mass is 79.9. The van der Waals surface area contributed by atoms with E-state index >= 15 is 0 Å². The summed E-state index contributed by atoms with van der Waals surface area (Å²) in [6.45, 7) is 0. The molecule has 1 aromatic carbocycles. The normalized spacial score (nSPS) is 17.3. The molecule has 1 saturated carbocycles. The molecule has 2 aromatic rings. The number of hydrogen-bond donors (Lipinski definition) is 1. The van der Waals surface area contributed by atoms with Crippen LogP contribution in [0.15, 0.2) is 27.2 Å². The van der Waals surface area contributed by atoms with Crippen LogP contribution in [0.25, 0.3) is 11.4 Å². The highest BCUT2D eigenvalue weighted by Crippen LogP contribution is 2.29. The highest BCUT2D eigenvalue weighted by molar-refractivity contribution is 9.10. The van der Waals surface area contributed by atoms with Crippen molar-refractivity contribution in [3.05, 3.63) is 34.4 Å². The molecule has 6 heteroatoms. The lowest BCUT2D eigenvalue weighted by Crippen LogP contribution is -2.30. The van der Waals surface area contributed by atoms with Crippen LogP contribution in [-0.2, 0) is 6.42 Å². The SMILES string of the molecule is NC(Cc1nc(-c2cc(F)ccc2Br)no1)C1CCCC1. The second-order valence-corrected chi connectivity index (χ2v) is 6.40. The standard InChI is InChI=1S/C15H17BrFN3O/c16-12-6-5-10(17)7-11(12)15-19-14(21-20-15)8-13(18)9-3-1-2-4-9/h5-7,9,13H,1-4,8,18H2. The summed E-state index contributed by atoms with van der Waals surface area (Å²) < 4.78 is 19.3. The van der Waals surface area contributed by atoms with Crippen LogP contribution in [0.1, 0.15) is 31.6 Å². The van der Waals surface area contributed by atoms with E-state index in [1.54, 1.807) is 6.07 Å². The Morgan fingerprint density at radius 3 is 2.90 bits per heavy atom. The monoisotopic (exact) mass is 353 g/mol. The molecule has 0 bridgehead atoms. The van der Waals surface area contributed by atoms with Crippen molar-refractivity contribution in [1.82, 2.24) is 10.1 Å². The molecule has 3 rings (SSSR count). The van der Waals surface area contributed by atoms with Crippen molar-refractivity contribution in [2.45, 2.75) is 38.1 Å². The molecule has 2 N–H and O–H groups in total. The molecular weight excluding hydrogens is 337 g/mol. The van der Waals surface area contributed by atoms with Crippen molar-refractivity contribution in [3.63, 3.8) is 0 Å². The first-order valence-corrected chi connectivity index (χ1v) is 7.96. The summed E-state index contributed by atoms with van der Waals surface area (Å²) >= 11 is 3.37. The van der Waals surface area contributed by atoms with Gasteiger partial charge in [0, 0.05) is 22.5 Å². The number of rotatable bonds is 4. The van der Waals surface area contributed by atoms with Crippen LogP contribution in [-0.4, -0.2) is 16.2 Å². The summed E-state index contributed by atoms with van der Waals surface area (Å²) in [6.07, 6.45) is 5.44. The zero-order valence-corrected chi connectivity index (χ0v) is 13.1. The second kappa shape index (κ2) is 6.23. The molecule has 1 unspecified atom stereocenters. The number of hydrogen-bond acceptors (Lipinski definition) is 4. The maximum Gasteiger partial charge on any atom is 0.228 e. The van der Waals surface area contributed by atoms with Gasteiger partial charge in [0.15, 0.2) is 0 Å². The third-order valence-corrected chi connectivity index (χ3v) is 4.74. The largest absolute Gasteiger partial charge is 0.339 e. The Morgan fingerprint density at radius 1 is 1.38 bits per heavy atom. The smallest absolute Gasteiger partial charge is 0.228 e. The Balaban J connectivity index is 1.75. The van der Waals surface area contributed by atoms with E-state index < -0.39 is 0 Å². The minimum absolute atomic E-state index is 0.0525. The molecule has 0 amide bonds. The summed E-state index contributed by atoms with van der Waals surface area (Å²) in [5, 5.41) is 3.93. The predicted octanol–water partition coefficient (Wildman–Crippen LogP) is 3.70. The number of aromatic nitrogens is 2. The molecule has 1 atom stereocenters. The van der Waals surface area contributed by atoms with E-state index in [1.165, 1.54) is 37.8 Å². The van der Waals surface area contributed by atoms with Gasteiger partial charge < -0.3 is 10.3 Å². The van der Waals surface area contributed by atoms with E-state index in [2.05, 4.69) is 26.1 Å². The Bertz CT molecular complexity index is 625. The predicted molar refractivity (Wildman–Crippen MR) is 81.0 cm³/mol. The van der Waals surface area contributed by atoms with Gasteiger partial charge in [0.1, 0.15) is 5.82 Å². The fourth-order valence-corrected chi connectivity index (χ4v) is 3.29. The van der Waals surface area contributed by atoms with Gasteiger partial charge in [0.25, 0.3) is 0 Å². The zero-order valence-electron chi connectivity index (χ0n) is 11.6. The first-order valence-electron chi connectivity index (χ1n) is 7.17. The number of nitrogens with two attached hydrogens (primary N) is 1. The van der Waals surface area contributed by atoms with Crippen LogP contribution < -0.4 is 5.73 Å². The lowest BCUT2D eigenvalue weighted by molar-refractivity contribution is 0.341. The molecule has 1 heterocycles. The summed E-state index contributed by atoms with van der Waals surface area (Å²) in [7, 11) is 0. The molecule has 0 aliphatic heterocycles. The van der Waals surface area contributed by atoms with Gasteiger partial charge in [-0.2, -0.15) is 4.98 Å².